The Morgan fingerprint density at radius 3 is 2.15 bits per heavy atom. The predicted molar refractivity (Wildman–Crippen MR) is 133 cm³/mol. The van der Waals surface area contributed by atoms with E-state index >= 15 is 0 Å². The van der Waals surface area contributed by atoms with Crippen molar-refractivity contribution in [2.75, 3.05) is 6.54 Å². The lowest BCUT2D eigenvalue weighted by molar-refractivity contribution is -0.160. The van der Waals surface area contributed by atoms with Crippen LogP contribution in [0.25, 0.3) is 0 Å². The molecule has 0 saturated carbocycles. The Hall–Kier alpha value is -2.70. The molecule has 0 fully saturated rings. The van der Waals surface area contributed by atoms with E-state index in [4.69, 9.17) is 4.74 Å². The van der Waals surface area contributed by atoms with E-state index in [1.54, 1.807) is 0 Å². The van der Waals surface area contributed by atoms with Gasteiger partial charge in [-0.2, -0.15) is 0 Å². The Bertz CT molecular complexity index is 802. The van der Waals surface area contributed by atoms with Crippen molar-refractivity contribution in [1.82, 2.24) is 10.6 Å². The van der Waals surface area contributed by atoms with Gasteiger partial charge in [0.2, 0.25) is 11.8 Å². The van der Waals surface area contributed by atoms with Gasteiger partial charge in [-0.05, 0) is 44.1 Å². The number of carbonyl (C=O) groups is 4. The topological polar surface area (TPSA) is 102 Å². The maximum atomic E-state index is 13.3. The molecule has 1 rings (SSSR count). The number of carbonyl (C=O) groups excluding carboxylic acids is 4. The maximum absolute atomic E-state index is 13.3. The first kappa shape index (κ1) is 29.3. The average Bonchev–Trinajstić information content (AvgIpc) is 2.78. The van der Waals surface area contributed by atoms with Crippen molar-refractivity contribution in [3.63, 3.8) is 0 Å². The van der Waals surface area contributed by atoms with E-state index < -0.39 is 29.1 Å². The van der Waals surface area contributed by atoms with Gasteiger partial charge in [0.1, 0.15) is 12.0 Å². The van der Waals surface area contributed by atoms with Crippen LogP contribution in [-0.2, 0) is 30.5 Å². The highest BCUT2D eigenvalue weighted by molar-refractivity contribution is 6.06. The molecule has 34 heavy (non-hydrogen) atoms. The normalized spacial score (nSPS) is 12.4. The third kappa shape index (κ3) is 10.9. The molecule has 0 aliphatic carbocycles. The summed E-state index contributed by atoms with van der Waals surface area (Å²) in [6.07, 6.45) is 3.56. The highest BCUT2D eigenvalue weighted by Crippen LogP contribution is 2.24. The average molecular weight is 475 g/mol. The van der Waals surface area contributed by atoms with E-state index in [9.17, 15) is 19.2 Å². The third-order valence-electron chi connectivity index (χ3n) is 5.58. The molecule has 0 heterocycles. The standard InChI is InChI=1S/C27H42N2O5/c1-19(2)12-10-11-15-23(30)28-17-24(31)29-22(16-20(3)4)25(32)27(5,6)26(33)34-18-21-13-8-7-9-14-21/h7-9,13-14,19-20,22H,10-12,15-18H2,1-6H3,(H,28,30)(H,29,31). The molecule has 0 radical (unpaired) electrons. The predicted octanol–water partition coefficient (Wildman–Crippen LogP) is 4.19. The number of benzene rings is 1. The zero-order valence-corrected chi connectivity index (χ0v) is 21.6. The SMILES string of the molecule is CC(C)CCCCC(=O)NCC(=O)NC(CC(C)C)C(=O)C(C)(C)C(=O)OCc1ccccc1. The zero-order chi connectivity index (χ0) is 25.7. The second kappa shape index (κ2) is 14.5. The molecule has 0 bridgehead atoms. The van der Waals surface area contributed by atoms with Gasteiger partial charge in [-0.15, -0.1) is 0 Å². The molecular weight excluding hydrogens is 432 g/mol. The highest BCUT2D eigenvalue weighted by Gasteiger charge is 2.42. The molecular formula is C27H42N2O5. The molecule has 1 aromatic rings. The zero-order valence-electron chi connectivity index (χ0n) is 21.6. The lowest BCUT2D eigenvalue weighted by Gasteiger charge is -2.28. The second-order valence-corrected chi connectivity index (χ2v) is 10.2. The van der Waals surface area contributed by atoms with Crippen LogP contribution in [0.2, 0.25) is 0 Å². The van der Waals surface area contributed by atoms with Crippen molar-refractivity contribution in [2.24, 2.45) is 17.3 Å². The first-order chi connectivity index (χ1) is 15.9. The lowest BCUT2D eigenvalue weighted by atomic mass is 9.81. The highest BCUT2D eigenvalue weighted by atomic mass is 16.5. The van der Waals surface area contributed by atoms with Gasteiger partial charge in [0, 0.05) is 6.42 Å². The molecule has 0 spiro atoms. The molecule has 0 aliphatic heterocycles. The molecule has 7 heteroatoms. The number of nitrogens with one attached hydrogen (secondary N) is 2. The summed E-state index contributed by atoms with van der Waals surface area (Å²) in [6, 6.07) is 8.38. The molecule has 1 unspecified atom stereocenters. The minimum absolute atomic E-state index is 0.0702. The number of esters is 1. The largest absolute Gasteiger partial charge is 0.460 e. The van der Waals surface area contributed by atoms with Crippen LogP contribution >= 0.6 is 0 Å². The minimum Gasteiger partial charge on any atom is -0.460 e. The van der Waals surface area contributed by atoms with Crippen LogP contribution in [-0.4, -0.2) is 36.2 Å². The summed E-state index contributed by atoms with van der Waals surface area (Å²) in [5.41, 5.74) is -0.604. The van der Waals surface area contributed by atoms with Gasteiger partial charge >= 0.3 is 5.97 Å². The quantitative estimate of drug-likeness (QED) is 0.225. The Labute approximate surface area is 204 Å². The van der Waals surface area contributed by atoms with Crippen LogP contribution in [0, 0.1) is 17.3 Å². The van der Waals surface area contributed by atoms with E-state index in [0.717, 1.165) is 24.8 Å². The molecule has 0 aliphatic rings. The monoisotopic (exact) mass is 474 g/mol. The summed E-state index contributed by atoms with van der Waals surface area (Å²) >= 11 is 0. The fraction of sp³-hybridized carbons (Fsp3) is 0.630. The van der Waals surface area contributed by atoms with Crippen molar-refractivity contribution in [2.45, 2.75) is 86.3 Å². The van der Waals surface area contributed by atoms with Crippen molar-refractivity contribution >= 4 is 23.6 Å². The van der Waals surface area contributed by atoms with Gasteiger partial charge in [0.05, 0.1) is 12.6 Å². The molecule has 7 nitrogen and oxygen atoms in total. The third-order valence-corrected chi connectivity index (χ3v) is 5.58. The number of unbranched alkanes of at least 4 members (excludes halogenated alkanes) is 1. The summed E-state index contributed by atoms with van der Waals surface area (Å²) in [5.74, 6) is -0.977. The summed E-state index contributed by atoms with van der Waals surface area (Å²) in [7, 11) is 0. The molecule has 190 valence electrons. The van der Waals surface area contributed by atoms with Gasteiger partial charge in [-0.25, -0.2) is 0 Å². The van der Waals surface area contributed by atoms with E-state index in [1.165, 1.54) is 13.8 Å². The van der Waals surface area contributed by atoms with Crippen molar-refractivity contribution in [1.29, 1.82) is 0 Å². The van der Waals surface area contributed by atoms with Gasteiger partial charge in [-0.3, -0.25) is 19.2 Å². The van der Waals surface area contributed by atoms with Crippen molar-refractivity contribution in [3.8, 4) is 0 Å². The first-order valence-corrected chi connectivity index (χ1v) is 12.2. The molecule has 2 N–H and O–H groups in total. The van der Waals surface area contributed by atoms with E-state index in [-0.39, 0.29) is 25.0 Å². The fourth-order valence-corrected chi connectivity index (χ4v) is 3.49. The second-order valence-electron chi connectivity index (χ2n) is 10.2. The van der Waals surface area contributed by atoms with Crippen LogP contribution in [0.1, 0.15) is 79.2 Å². The summed E-state index contributed by atoms with van der Waals surface area (Å²) in [4.78, 5) is 50.5. The number of ketones is 1. The summed E-state index contributed by atoms with van der Waals surface area (Å²) < 4.78 is 5.39. The number of ether oxygens (including phenoxy) is 1. The molecule has 1 aromatic carbocycles. The van der Waals surface area contributed by atoms with E-state index in [1.807, 2.05) is 44.2 Å². The number of Topliss-reactive ketones (excluding diaryl/α,β-unsaturated/α-hetero) is 1. The van der Waals surface area contributed by atoms with Crippen LogP contribution in [0.3, 0.4) is 0 Å². The molecule has 1 atom stereocenters. The van der Waals surface area contributed by atoms with Crippen molar-refractivity contribution in [3.05, 3.63) is 35.9 Å². The maximum Gasteiger partial charge on any atom is 0.319 e. The van der Waals surface area contributed by atoms with Crippen LogP contribution in [0.15, 0.2) is 30.3 Å². The smallest absolute Gasteiger partial charge is 0.319 e. The summed E-state index contributed by atoms with van der Waals surface area (Å²) in [5, 5.41) is 5.32. The number of hydrogen-bond acceptors (Lipinski definition) is 5. The summed E-state index contributed by atoms with van der Waals surface area (Å²) in [6.45, 7) is 11.1. The van der Waals surface area contributed by atoms with E-state index in [0.29, 0.717) is 18.8 Å². The Kier molecular flexibility index (Phi) is 12.5. The van der Waals surface area contributed by atoms with Gasteiger partial charge in [0.25, 0.3) is 0 Å². The Morgan fingerprint density at radius 2 is 1.56 bits per heavy atom. The fourth-order valence-electron chi connectivity index (χ4n) is 3.49. The molecule has 0 saturated heterocycles. The lowest BCUT2D eigenvalue weighted by Crippen LogP contribution is -2.52. The van der Waals surface area contributed by atoms with E-state index in [2.05, 4.69) is 24.5 Å². The number of hydrogen-bond donors (Lipinski definition) is 2. The van der Waals surface area contributed by atoms with Crippen LogP contribution in [0.4, 0.5) is 0 Å². The van der Waals surface area contributed by atoms with Gasteiger partial charge in [0.15, 0.2) is 5.78 Å². The Balaban J connectivity index is 2.64. The van der Waals surface area contributed by atoms with Gasteiger partial charge in [-0.1, -0.05) is 70.9 Å². The molecule has 0 aromatic heterocycles. The molecule has 2 amide bonds. The van der Waals surface area contributed by atoms with Crippen molar-refractivity contribution < 1.29 is 23.9 Å². The van der Waals surface area contributed by atoms with Crippen LogP contribution < -0.4 is 10.6 Å². The number of rotatable bonds is 15. The first-order valence-electron chi connectivity index (χ1n) is 12.2. The minimum atomic E-state index is -1.43. The van der Waals surface area contributed by atoms with Gasteiger partial charge < -0.3 is 15.4 Å². The van der Waals surface area contributed by atoms with Crippen LogP contribution in [0.5, 0.6) is 0 Å². The number of amides is 2. The Morgan fingerprint density at radius 1 is 0.912 bits per heavy atom.